The van der Waals surface area contributed by atoms with Gasteiger partial charge in [-0.25, -0.2) is 0 Å². The number of nitrogens with one attached hydrogen (secondary N) is 1. The Balaban J connectivity index is 1.81. The highest BCUT2D eigenvalue weighted by atomic mass is 16.5. The second-order valence-electron chi connectivity index (χ2n) is 5.93. The zero-order chi connectivity index (χ0) is 15.8. The molecule has 6 heteroatoms. The normalized spacial score (nSPS) is 18.4. The van der Waals surface area contributed by atoms with E-state index < -0.39 is 0 Å². The maximum Gasteiger partial charge on any atom is 0.188 e. The van der Waals surface area contributed by atoms with Crippen molar-refractivity contribution < 1.29 is 4.74 Å². The van der Waals surface area contributed by atoms with Crippen molar-refractivity contribution in [2.45, 2.75) is 24.8 Å². The van der Waals surface area contributed by atoms with Gasteiger partial charge in [-0.3, -0.25) is 9.98 Å². The van der Waals surface area contributed by atoms with Gasteiger partial charge in [0.15, 0.2) is 5.96 Å². The van der Waals surface area contributed by atoms with Crippen LogP contribution in [0.5, 0.6) is 0 Å². The number of likely N-dealkylation sites (N-methyl/N-ethyl adjacent to an activating group) is 1. The molecule has 0 bridgehead atoms. The highest BCUT2D eigenvalue weighted by molar-refractivity contribution is 5.77. The number of ether oxygens (including phenoxy) is 1. The van der Waals surface area contributed by atoms with E-state index in [0.29, 0.717) is 12.5 Å². The smallest absolute Gasteiger partial charge is 0.188 e. The Morgan fingerprint density at radius 1 is 1.41 bits per heavy atom. The summed E-state index contributed by atoms with van der Waals surface area (Å²) in [7, 11) is 4.21. The number of aromatic nitrogens is 1. The van der Waals surface area contributed by atoms with Crippen LogP contribution in [0.3, 0.4) is 0 Å². The van der Waals surface area contributed by atoms with Gasteiger partial charge in [-0.2, -0.15) is 0 Å². The topological polar surface area (TPSA) is 75.8 Å². The fraction of sp³-hybridized carbons (Fsp3) is 0.625. The standard InChI is InChI=1S/C16H27N5O/c1-21(2)16(7-11-22-12-8-16)13-20-15(17)19-10-6-14-5-3-4-9-18-14/h3-5,9H,6-8,10-13H2,1-2H3,(H3,17,19,20). The zero-order valence-electron chi connectivity index (χ0n) is 13.6. The third kappa shape index (κ3) is 4.68. The molecule has 1 aliphatic heterocycles. The number of aliphatic imine (C=N–C) groups is 1. The minimum Gasteiger partial charge on any atom is -0.381 e. The molecular weight excluding hydrogens is 278 g/mol. The Kier molecular flexibility index (Phi) is 6.15. The molecule has 0 spiro atoms. The van der Waals surface area contributed by atoms with Crippen LogP contribution in [0.25, 0.3) is 0 Å². The van der Waals surface area contributed by atoms with Crippen LogP contribution in [0.4, 0.5) is 0 Å². The molecule has 2 rings (SSSR count). The molecule has 0 saturated carbocycles. The first-order valence-corrected chi connectivity index (χ1v) is 7.81. The van der Waals surface area contributed by atoms with Gasteiger partial charge in [-0.1, -0.05) is 6.07 Å². The average molecular weight is 305 g/mol. The summed E-state index contributed by atoms with van der Waals surface area (Å²) < 4.78 is 5.47. The number of nitrogens with zero attached hydrogens (tertiary/aromatic N) is 3. The van der Waals surface area contributed by atoms with E-state index in [0.717, 1.165) is 44.7 Å². The van der Waals surface area contributed by atoms with E-state index in [9.17, 15) is 0 Å². The third-order valence-corrected chi connectivity index (χ3v) is 4.33. The molecule has 1 saturated heterocycles. The molecular formula is C16H27N5O. The maximum atomic E-state index is 5.98. The Hall–Kier alpha value is -1.66. The predicted molar refractivity (Wildman–Crippen MR) is 88.9 cm³/mol. The quantitative estimate of drug-likeness (QED) is 0.596. The molecule has 2 heterocycles. The molecule has 0 atom stereocenters. The van der Waals surface area contributed by atoms with Crippen molar-refractivity contribution in [2.24, 2.45) is 10.7 Å². The summed E-state index contributed by atoms with van der Waals surface area (Å²) in [6.45, 7) is 3.03. The Labute approximate surface area is 132 Å². The van der Waals surface area contributed by atoms with E-state index in [1.165, 1.54) is 0 Å². The number of guanidine groups is 1. The lowest BCUT2D eigenvalue weighted by molar-refractivity contribution is -0.00252. The average Bonchev–Trinajstić information content (AvgIpc) is 2.55. The highest BCUT2D eigenvalue weighted by Gasteiger charge is 2.34. The van der Waals surface area contributed by atoms with Crippen LogP contribution >= 0.6 is 0 Å². The molecule has 0 aromatic carbocycles. The third-order valence-electron chi connectivity index (χ3n) is 4.33. The van der Waals surface area contributed by atoms with Gasteiger partial charge in [0.05, 0.1) is 6.54 Å². The summed E-state index contributed by atoms with van der Waals surface area (Å²) in [5.41, 5.74) is 7.10. The van der Waals surface area contributed by atoms with Crippen molar-refractivity contribution in [1.82, 2.24) is 15.2 Å². The van der Waals surface area contributed by atoms with Gasteiger partial charge in [-0.15, -0.1) is 0 Å². The molecule has 1 aliphatic rings. The van der Waals surface area contributed by atoms with Crippen LogP contribution < -0.4 is 11.1 Å². The van der Waals surface area contributed by atoms with Crippen molar-refractivity contribution in [3.05, 3.63) is 30.1 Å². The largest absolute Gasteiger partial charge is 0.381 e. The van der Waals surface area contributed by atoms with Gasteiger partial charge < -0.3 is 20.7 Å². The summed E-state index contributed by atoms with van der Waals surface area (Å²) in [5.74, 6) is 0.503. The first kappa shape index (κ1) is 16.7. The molecule has 1 aromatic heterocycles. The van der Waals surface area contributed by atoms with E-state index in [1.54, 1.807) is 6.20 Å². The molecule has 6 nitrogen and oxygen atoms in total. The number of hydrogen-bond acceptors (Lipinski definition) is 4. The number of hydrogen-bond donors (Lipinski definition) is 2. The van der Waals surface area contributed by atoms with Gasteiger partial charge in [0.2, 0.25) is 0 Å². The van der Waals surface area contributed by atoms with Crippen molar-refractivity contribution in [1.29, 1.82) is 0 Å². The molecule has 22 heavy (non-hydrogen) atoms. The molecule has 1 fully saturated rings. The fourth-order valence-electron chi connectivity index (χ4n) is 2.65. The number of nitrogens with two attached hydrogens (primary N) is 1. The summed E-state index contributed by atoms with van der Waals surface area (Å²) in [5, 5.41) is 3.16. The first-order valence-electron chi connectivity index (χ1n) is 7.81. The van der Waals surface area contributed by atoms with E-state index in [1.807, 2.05) is 18.2 Å². The van der Waals surface area contributed by atoms with Crippen LogP contribution in [-0.4, -0.2) is 61.8 Å². The molecule has 1 aromatic rings. The van der Waals surface area contributed by atoms with Crippen molar-refractivity contribution in [3.63, 3.8) is 0 Å². The van der Waals surface area contributed by atoms with Gasteiger partial charge in [0.25, 0.3) is 0 Å². The first-order chi connectivity index (χ1) is 10.6. The summed E-state index contributed by atoms with van der Waals surface area (Å²) >= 11 is 0. The van der Waals surface area contributed by atoms with Gasteiger partial charge in [0.1, 0.15) is 0 Å². The minimum absolute atomic E-state index is 0.0610. The van der Waals surface area contributed by atoms with Gasteiger partial charge in [-0.05, 0) is 39.1 Å². The molecule has 0 aliphatic carbocycles. The van der Waals surface area contributed by atoms with Gasteiger partial charge in [0, 0.05) is 43.6 Å². The molecule has 122 valence electrons. The Morgan fingerprint density at radius 3 is 2.82 bits per heavy atom. The Bertz CT molecular complexity index is 469. The minimum atomic E-state index is 0.0610. The lowest BCUT2D eigenvalue weighted by Crippen LogP contribution is -2.51. The molecule has 3 N–H and O–H groups in total. The lowest BCUT2D eigenvalue weighted by Gasteiger charge is -2.41. The molecule has 0 radical (unpaired) electrons. The second-order valence-corrected chi connectivity index (χ2v) is 5.93. The van der Waals surface area contributed by atoms with Crippen molar-refractivity contribution in [3.8, 4) is 0 Å². The Morgan fingerprint density at radius 2 is 2.18 bits per heavy atom. The predicted octanol–water partition coefficient (Wildman–Crippen LogP) is 0.639. The van der Waals surface area contributed by atoms with Crippen molar-refractivity contribution in [2.75, 3.05) is 40.4 Å². The van der Waals surface area contributed by atoms with Crippen LogP contribution in [-0.2, 0) is 11.2 Å². The summed E-state index contributed by atoms with van der Waals surface area (Å²) in [6, 6.07) is 5.92. The van der Waals surface area contributed by atoms with Crippen LogP contribution in [0, 0.1) is 0 Å². The summed E-state index contributed by atoms with van der Waals surface area (Å²) in [6.07, 6.45) is 4.62. The molecule has 0 amide bonds. The maximum absolute atomic E-state index is 5.98. The summed E-state index contributed by atoms with van der Waals surface area (Å²) in [4.78, 5) is 11.1. The van der Waals surface area contributed by atoms with E-state index in [4.69, 9.17) is 10.5 Å². The fourth-order valence-corrected chi connectivity index (χ4v) is 2.65. The van der Waals surface area contributed by atoms with Crippen LogP contribution in [0.15, 0.2) is 29.4 Å². The van der Waals surface area contributed by atoms with Crippen LogP contribution in [0.2, 0.25) is 0 Å². The zero-order valence-corrected chi connectivity index (χ0v) is 13.6. The number of pyridine rings is 1. The van der Waals surface area contributed by atoms with Crippen LogP contribution in [0.1, 0.15) is 18.5 Å². The second kappa shape index (κ2) is 8.10. The van der Waals surface area contributed by atoms with E-state index in [2.05, 4.69) is 34.3 Å². The number of rotatable bonds is 6. The highest BCUT2D eigenvalue weighted by Crippen LogP contribution is 2.26. The van der Waals surface area contributed by atoms with E-state index in [-0.39, 0.29) is 5.54 Å². The van der Waals surface area contributed by atoms with Gasteiger partial charge >= 0.3 is 0 Å². The van der Waals surface area contributed by atoms with Crippen molar-refractivity contribution >= 4 is 5.96 Å². The lowest BCUT2D eigenvalue weighted by atomic mass is 9.89. The van der Waals surface area contributed by atoms with E-state index >= 15 is 0 Å². The monoisotopic (exact) mass is 305 g/mol. The molecule has 0 unspecified atom stereocenters. The SMILES string of the molecule is CN(C)C1(CN=C(N)NCCc2ccccn2)CCOCC1.